The molecule has 0 fully saturated rings. The molecule has 22 heavy (non-hydrogen) atoms. The lowest BCUT2D eigenvalue weighted by Gasteiger charge is -2.31. The van der Waals surface area contributed by atoms with Crippen LogP contribution in [0.1, 0.15) is 22.6 Å². The second-order valence-electron chi connectivity index (χ2n) is 5.59. The molecule has 1 unspecified atom stereocenters. The van der Waals surface area contributed by atoms with Gasteiger partial charge in [-0.05, 0) is 34.9 Å². The molecule has 0 radical (unpaired) electrons. The second kappa shape index (κ2) is 6.01. The summed E-state index contributed by atoms with van der Waals surface area (Å²) in [6, 6.07) is 14.2. The quantitative estimate of drug-likeness (QED) is 0.838. The van der Waals surface area contributed by atoms with Gasteiger partial charge < -0.3 is 9.64 Å². The third-order valence-electron chi connectivity index (χ3n) is 4.01. The number of hydrogen-bond acceptors (Lipinski definition) is 3. The normalized spacial score (nSPS) is 16.7. The van der Waals surface area contributed by atoms with Crippen LogP contribution in [-0.4, -0.2) is 31.9 Å². The van der Waals surface area contributed by atoms with Gasteiger partial charge in [0.2, 0.25) is 0 Å². The summed E-state index contributed by atoms with van der Waals surface area (Å²) < 4.78 is 5.33. The number of nitrogens with zero attached hydrogens (tertiary/aromatic N) is 2. The van der Waals surface area contributed by atoms with Crippen LogP contribution in [0.4, 0.5) is 0 Å². The van der Waals surface area contributed by atoms with Gasteiger partial charge in [-0.25, -0.2) is 0 Å². The molecule has 3 rings (SSSR count). The van der Waals surface area contributed by atoms with Crippen molar-refractivity contribution in [3.8, 4) is 5.75 Å². The number of hydrogen-bond donors (Lipinski definition) is 0. The molecule has 0 aromatic heterocycles. The lowest BCUT2D eigenvalue weighted by atomic mass is 9.84. The van der Waals surface area contributed by atoms with E-state index in [9.17, 15) is 0 Å². The molecule has 0 saturated carbocycles. The Labute approximate surface area is 136 Å². The molecule has 2 aromatic carbocycles. The molecule has 2 aromatic rings. The lowest BCUT2D eigenvalue weighted by molar-refractivity contribution is 0.414. The van der Waals surface area contributed by atoms with Gasteiger partial charge in [0, 0.05) is 19.1 Å². The van der Waals surface area contributed by atoms with E-state index >= 15 is 0 Å². The van der Waals surface area contributed by atoms with E-state index in [0.29, 0.717) is 6.54 Å². The van der Waals surface area contributed by atoms with Gasteiger partial charge in [0.05, 0.1) is 19.6 Å². The van der Waals surface area contributed by atoms with Crippen molar-refractivity contribution < 1.29 is 4.74 Å². The number of methoxy groups -OCH3 is 1. The SMILES string of the molecule is COc1ccc2c(c1)CN=C(N(C)C)C2c1ccccc1Cl. The van der Waals surface area contributed by atoms with Crippen molar-refractivity contribution in [3.63, 3.8) is 0 Å². The third kappa shape index (κ3) is 2.57. The zero-order chi connectivity index (χ0) is 15.7. The van der Waals surface area contributed by atoms with E-state index in [4.69, 9.17) is 21.3 Å². The zero-order valence-electron chi connectivity index (χ0n) is 13.0. The molecule has 1 aliphatic rings. The molecular formula is C18H19ClN2O. The predicted molar refractivity (Wildman–Crippen MR) is 91.1 cm³/mol. The molecule has 0 aliphatic carbocycles. The fourth-order valence-corrected chi connectivity index (χ4v) is 3.18. The summed E-state index contributed by atoms with van der Waals surface area (Å²) >= 11 is 6.45. The number of rotatable bonds is 2. The van der Waals surface area contributed by atoms with Crippen molar-refractivity contribution in [1.29, 1.82) is 0 Å². The Balaban J connectivity index is 2.17. The molecule has 0 saturated heterocycles. The van der Waals surface area contributed by atoms with Gasteiger partial charge in [0.1, 0.15) is 11.6 Å². The van der Waals surface area contributed by atoms with E-state index in [2.05, 4.69) is 23.1 Å². The smallest absolute Gasteiger partial charge is 0.119 e. The summed E-state index contributed by atoms with van der Waals surface area (Å²) in [5.74, 6) is 1.95. The Morgan fingerprint density at radius 1 is 1.14 bits per heavy atom. The first-order chi connectivity index (χ1) is 10.6. The Kier molecular flexibility index (Phi) is 4.08. The largest absolute Gasteiger partial charge is 0.497 e. The first-order valence-electron chi connectivity index (χ1n) is 7.24. The van der Waals surface area contributed by atoms with Crippen LogP contribution in [-0.2, 0) is 6.54 Å². The second-order valence-corrected chi connectivity index (χ2v) is 6.00. The van der Waals surface area contributed by atoms with E-state index < -0.39 is 0 Å². The molecule has 1 heterocycles. The summed E-state index contributed by atoms with van der Waals surface area (Å²) in [5, 5.41) is 0.769. The minimum Gasteiger partial charge on any atom is -0.497 e. The maximum atomic E-state index is 6.45. The first-order valence-corrected chi connectivity index (χ1v) is 7.62. The maximum absolute atomic E-state index is 6.45. The van der Waals surface area contributed by atoms with Gasteiger partial charge in [-0.1, -0.05) is 35.9 Å². The minimum absolute atomic E-state index is 0.0540. The Hall–Kier alpha value is -2.00. The van der Waals surface area contributed by atoms with Crippen LogP contribution in [0.3, 0.4) is 0 Å². The van der Waals surface area contributed by atoms with Crippen molar-refractivity contribution in [2.75, 3.05) is 21.2 Å². The molecule has 0 bridgehead atoms. The van der Waals surface area contributed by atoms with Crippen LogP contribution in [0, 0.1) is 0 Å². The molecule has 0 amide bonds. The molecule has 3 nitrogen and oxygen atoms in total. The summed E-state index contributed by atoms with van der Waals surface area (Å²) in [4.78, 5) is 6.84. The number of halogens is 1. The van der Waals surface area contributed by atoms with Gasteiger partial charge >= 0.3 is 0 Å². The van der Waals surface area contributed by atoms with E-state index in [0.717, 1.165) is 22.2 Å². The standard InChI is InChI=1S/C18H19ClN2O/c1-21(2)18-17(15-6-4-5-7-16(15)19)14-9-8-13(22-3)10-12(14)11-20-18/h4-10,17H,11H2,1-3H3. The highest BCUT2D eigenvalue weighted by Gasteiger charge is 2.29. The van der Waals surface area contributed by atoms with Crippen LogP contribution in [0.5, 0.6) is 5.75 Å². The van der Waals surface area contributed by atoms with Crippen LogP contribution in [0.15, 0.2) is 47.5 Å². The fraction of sp³-hybridized carbons (Fsp3) is 0.278. The molecule has 114 valence electrons. The number of ether oxygens (including phenoxy) is 1. The number of amidine groups is 1. The Bertz CT molecular complexity index is 725. The zero-order valence-corrected chi connectivity index (χ0v) is 13.8. The van der Waals surface area contributed by atoms with Crippen LogP contribution in [0.2, 0.25) is 5.02 Å². The molecular weight excluding hydrogens is 296 g/mol. The number of fused-ring (bicyclic) bond motifs is 1. The average molecular weight is 315 g/mol. The van der Waals surface area contributed by atoms with E-state index in [1.165, 1.54) is 11.1 Å². The minimum atomic E-state index is 0.0540. The predicted octanol–water partition coefficient (Wildman–Crippen LogP) is 3.95. The Morgan fingerprint density at radius 3 is 2.59 bits per heavy atom. The molecule has 0 N–H and O–H groups in total. The van der Waals surface area contributed by atoms with Crippen molar-refractivity contribution in [1.82, 2.24) is 4.90 Å². The van der Waals surface area contributed by atoms with E-state index in [1.807, 2.05) is 38.4 Å². The monoisotopic (exact) mass is 314 g/mol. The van der Waals surface area contributed by atoms with Crippen molar-refractivity contribution >= 4 is 17.4 Å². The number of aliphatic imine (C=N–C) groups is 1. The average Bonchev–Trinajstić information content (AvgIpc) is 2.53. The maximum Gasteiger partial charge on any atom is 0.119 e. The molecule has 1 aliphatic heterocycles. The topological polar surface area (TPSA) is 24.8 Å². The molecule has 0 spiro atoms. The van der Waals surface area contributed by atoms with Crippen LogP contribution in [0.25, 0.3) is 0 Å². The molecule has 1 atom stereocenters. The van der Waals surface area contributed by atoms with Crippen molar-refractivity contribution in [3.05, 3.63) is 64.2 Å². The van der Waals surface area contributed by atoms with Gasteiger partial charge in [-0.2, -0.15) is 0 Å². The summed E-state index contributed by atoms with van der Waals surface area (Å²) in [5.41, 5.74) is 3.52. The van der Waals surface area contributed by atoms with Gasteiger partial charge in [-0.3, -0.25) is 4.99 Å². The Morgan fingerprint density at radius 2 is 1.91 bits per heavy atom. The van der Waals surface area contributed by atoms with E-state index in [-0.39, 0.29) is 5.92 Å². The first kappa shape index (κ1) is 14.9. The number of benzene rings is 2. The van der Waals surface area contributed by atoms with Crippen molar-refractivity contribution in [2.45, 2.75) is 12.5 Å². The summed E-state index contributed by atoms with van der Waals surface area (Å²) in [6.45, 7) is 0.668. The van der Waals surface area contributed by atoms with E-state index in [1.54, 1.807) is 7.11 Å². The molecule has 4 heteroatoms. The highest BCUT2D eigenvalue weighted by Crippen LogP contribution is 2.38. The fourth-order valence-electron chi connectivity index (χ4n) is 2.94. The summed E-state index contributed by atoms with van der Waals surface area (Å²) in [6.07, 6.45) is 0. The number of likely N-dealkylation sites (N-methyl/N-ethyl adjacent to an activating group) is 1. The highest BCUT2D eigenvalue weighted by atomic mass is 35.5. The third-order valence-corrected chi connectivity index (χ3v) is 4.35. The lowest BCUT2D eigenvalue weighted by Crippen LogP contribution is -2.32. The van der Waals surface area contributed by atoms with Gasteiger partial charge in [0.15, 0.2) is 0 Å². The summed E-state index contributed by atoms with van der Waals surface area (Å²) in [7, 11) is 5.74. The highest BCUT2D eigenvalue weighted by molar-refractivity contribution is 6.31. The van der Waals surface area contributed by atoms with Crippen LogP contribution < -0.4 is 4.74 Å². The van der Waals surface area contributed by atoms with Gasteiger partial charge in [-0.15, -0.1) is 0 Å². The van der Waals surface area contributed by atoms with Crippen LogP contribution >= 0.6 is 11.6 Å². The van der Waals surface area contributed by atoms with Crippen molar-refractivity contribution in [2.24, 2.45) is 4.99 Å². The van der Waals surface area contributed by atoms with Gasteiger partial charge in [0.25, 0.3) is 0 Å².